The van der Waals surface area contributed by atoms with Gasteiger partial charge in [0.25, 0.3) is 0 Å². The van der Waals surface area contributed by atoms with Crippen LogP contribution in [-0.4, -0.2) is 11.1 Å². The summed E-state index contributed by atoms with van der Waals surface area (Å²) in [5.41, 5.74) is 0.654. The van der Waals surface area contributed by atoms with E-state index in [1.165, 1.54) is 0 Å². The second-order valence-electron chi connectivity index (χ2n) is 3.74. The van der Waals surface area contributed by atoms with Gasteiger partial charge in [-0.25, -0.2) is 8.78 Å². The van der Waals surface area contributed by atoms with Crippen molar-refractivity contribution in [3.8, 4) is 0 Å². The lowest BCUT2D eigenvalue weighted by Gasteiger charge is -2.22. The Hall–Kier alpha value is -1.45. The second-order valence-corrected chi connectivity index (χ2v) is 3.74. The number of fused-ring (bicyclic) bond motifs is 1. The molecule has 1 aromatic carbocycles. The molecule has 4 heteroatoms. The monoisotopic (exact) mass is 212 g/mol. The maximum absolute atomic E-state index is 13.3. The van der Waals surface area contributed by atoms with Crippen LogP contribution in [0.4, 0.5) is 8.78 Å². The molecule has 15 heavy (non-hydrogen) atoms. The molecule has 0 amide bonds. The zero-order chi connectivity index (χ0) is 11.0. The molecule has 1 atom stereocenters. The number of carboxylic acid groups (broad SMARTS) is 1. The predicted octanol–water partition coefficient (Wildman–Crippen LogP) is 2.47. The van der Waals surface area contributed by atoms with E-state index in [-0.39, 0.29) is 0 Å². The molecule has 0 saturated carbocycles. The summed E-state index contributed by atoms with van der Waals surface area (Å²) in [6.07, 6.45) is 1.57. The largest absolute Gasteiger partial charge is 0.481 e. The first-order chi connectivity index (χ1) is 7.09. The minimum Gasteiger partial charge on any atom is -0.481 e. The molecule has 0 spiro atoms. The van der Waals surface area contributed by atoms with Crippen LogP contribution in [0, 0.1) is 11.6 Å². The molecule has 0 radical (unpaired) electrons. The zero-order valence-electron chi connectivity index (χ0n) is 7.96. The van der Waals surface area contributed by atoms with E-state index in [2.05, 4.69) is 0 Å². The number of rotatable bonds is 1. The molecule has 1 aliphatic carbocycles. The minimum absolute atomic E-state index is 0.297. The first-order valence-electron chi connectivity index (χ1n) is 4.80. The van der Waals surface area contributed by atoms with E-state index >= 15 is 0 Å². The molecule has 1 aromatic rings. The van der Waals surface area contributed by atoms with Crippen LogP contribution in [0.3, 0.4) is 0 Å². The highest BCUT2D eigenvalue weighted by atomic mass is 19.1. The van der Waals surface area contributed by atoms with Gasteiger partial charge in [0.15, 0.2) is 0 Å². The highest BCUT2D eigenvalue weighted by Crippen LogP contribution is 2.33. The average molecular weight is 212 g/mol. The lowest BCUT2D eigenvalue weighted by atomic mass is 9.82. The Labute approximate surface area is 85.5 Å². The Bertz CT molecular complexity index is 415. The second kappa shape index (κ2) is 3.61. The van der Waals surface area contributed by atoms with Gasteiger partial charge in [-0.15, -0.1) is 0 Å². The third kappa shape index (κ3) is 1.71. The van der Waals surface area contributed by atoms with Gasteiger partial charge in [0.1, 0.15) is 11.6 Å². The van der Waals surface area contributed by atoms with Crippen molar-refractivity contribution in [2.75, 3.05) is 0 Å². The standard InChI is InChI=1S/C11H10F2O2/c12-6-4-9-7(10(13)5-6)2-1-3-8(9)11(14)15/h4-5,8H,1-3H2,(H,14,15). The van der Waals surface area contributed by atoms with E-state index in [1.54, 1.807) is 0 Å². The molecule has 0 aliphatic heterocycles. The van der Waals surface area contributed by atoms with Gasteiger partial charge >= 0.3 is 5.97 Å². The first kappa shape index (κ1) is 10.1. The number of hydrogen-bond acceptors (Lipinski definition) is 1. The van der Waals surface area contributed by atoms with Gasteiger partial charge in [0, 0.05) is 6.07 Å². The van der Waals surface area contributed by atoms with Crippen LogP contribution >= 0.6 is 0 Å². The summed E-state index contributed by atoms with van der Waals surface area (Å²) >= 11 is 0. The Morgan fingerprint density at radius 3 is 2.80 bits per heavy atom. The average Bonchev–Trinajstić information content (AvgIpc) is 2.16. The van der Waals surface area contributed by atoms with Crippen molar-refractivity contribution in [3.05, 3.63) is 34.9 Å². The molecule has 0 saturated heterocycles. The fourth-order valence-electron chi connectivity index (χ4n) is 2.09. The van der Waals surface area contributed by atoms with Gasteiger partial charge in [-0.3, -0.25) is 4.79 Å². The number of halogens is 2. The van der Waals surface area contributed by atoms with Crippen molar-refractivity contribution in [1.82, 2.24) is 0 Å². The summed E-state index contributed by atoms with van der Waals surface area (Å²) in [6, 6.07) is 1.94. The van der Waals surface area contributed by atoms with Gasteiger partial charge in [-0.05, 0) is 36.5 Å². The van der Waals surface area contributed by atoms with E-state index in [4.69, 9.17) is 5.11 Å². The number of carbonyl (C=O) groups is 1. The predicted molar refractivity (Wildman–Crippen MR) is 49.7 cm³/mol. The lowest BCUT2D eigenvalue weighted by Crippen LogP contribution is -2.19. The van der Waals surface area contributed by atoms with Crippen LogP contribution in [0.15, 0.2) is 12.1 Å². The van der Waals surface area contributed by atoms with Crippen molar-refractivity contribution < 1.29 is 18.7 Å². The number of benzene rings is 1. The van der Waals surface area contributed by atoms with E-state index in [0.717, 1.165) is 12.1 Å². The Morgan fingerprint density at radius 1 is 1.40 bits per heavy atom. The van der Waals surface area contributed by atoms with Crippen LogP contribution in [0.2, 0.25) is 0 Å². The topological polar surface area (TPSA) is 37.3 Å². The Balaban J connectivity index is 2.55. The normalized spacial score (nSPS) is 19.7. The summed E-state index contributed by atoms with van der Waals surface area (Å²) in [4.78, 5) is 10.9. The van der Waals surface area contributed by atoms with Crippen LogP contribution in [0.1, 0.15) is 29.9 Å². The van der Waals surface area contributed by atoms with E-state index < -0.39 is 23.5 Å². The molecule has 0 heterocycles. The lowest BCUT2D eigenvalue weighted by molar-refractivity contribution is -0.139. The van der Waals surface area contributed by atoms with Crippen LogP contribution < -0.4 is 0 Å². The highest BCUT2D eigenvalue weighted by molar-refractivity contribution is 5.77. The Morgan fingerprint density at radius 2 is 2.13 bits per heavy atom. The van der Waals surface area contributed by atoms with E-state index in [1.807, 2.05) is 0 Å². The van der Waals surface area contributed by atoms with Crippen molar-refractivity contribution in [1.29, 1.82) is 0 Å². The maximum atomic E-state index is 13.3. The quantitative estimate of drug-likeness (QED) is 0.776. The summed E-state index contributed by atoms with van der Waals surface area (Å²) in [5.74, 6) is -3.12. The summed E-state index contributed by atoms with van der Waals surface area (Å²) < 4.78 is 26.3. The van der Waals surface area contributed by atoms with Gasteiger partial charge in [-0.2, -0.15) is 0 Å². The molecular weight excluding hydrogens is 202 g/mol. The molecule has 1 aliphatic rings. The molecule has 0 fully saturated rings. The fraction of sp³-hybridized carbons (Fsp3) is 0.364. The molecule has 1 N–H and O–H groups in total. The van der Waals surface area contributed by atoms with Crippen molar-refractivity contribution >= 4 is 5.97 Å². The maximum Gasteiger partial charge on any atom is 0.310 e. The summed E-state index contributed by atoms with van der Waals surface area (Å²) in [6.45, 7) is 0. The smallest absolute Gasteiger partial charge is 0.310 e. The van der Waals surface area contributed by atoms with E-state index in [9.17, 15) is 13.6 Å². The third-order valence-corrected chi connectivity index (χ3v) is 2.79. The number of carboxylic acids is 1. The fourth-order valence-corrected chi connectivity index (χ4v) is 2.09. The van der Waals surface area contributed by atoms with E-state index in [0.29, 0.717) is 30.4 Å². The molecule has 0 bridgehead atoms. The third-order valence-electron chi connectivity index (χ3n) is 2.79. The van der Waals surface area contributed by atoms with Crippen LogP contribution in [0.5, 0.6) is 0 Å². The molecule has 2 rings (SSSR count). The minimum atomic E-state index is -1.01. The Kier molecular flexibility index (Phi) is 2.42. The van der Waals surface area contributed by atoms with Crippen molar-refractivity contribution in [2.24, 2.45) is 0 Å². The van der Waals surface area contributed by atoms with Crippen molar-refractivity contribution in [2.45, 2.75) is 25.2 Å². The highest BCUT2D eigenvalue weighted by Gasteiger charge is 2.28. The first-order valence-corrected chi connectivity index (χ1v) is 4.80. The summed E-state index contributed by atoms with van der Waals surface area (Å²) in [7, 11) is 0. The van der Waals surface area contributed by atoms with Gasteiger partial charge in [-0.1, -0.05) is 0 Å². The van der Waals surface area contributed by atoms with Crippen LogP contribution in [0.25, 0.3) is 0 Å². The molecule has 0 aromatic heterocycles. The molecular formula is C11H10F2O2. The van der Waals surface area contributed by atoms with Gasteiger partial charge in [0.05, 0.1) is 5.92 Å². The molecule has 1 unspecified atom stereocenters. The number of hydrogen-bond donors (Lipinski definition) is 1. The summed E-state index contributed by atoms with van der Waals surface area (Å²) in [5, 5.41) is 8.92. The SMILES string of the molecule is O=C(O)C1CCCc2c(F)cc(F)cc21. The molecule has 2 nitrogen and oxygen atoms in total. The van der Waals surface area contributed by atoms with Crippen LogP contribution in [-0.2, 0) is 11.2 Å². The number of aliphatic carboxylic acids is 1. The van der Waals surface area contributed by atoms with Crippen molar-refractivity contribution in [3.63, 3.8) is 0 Å². The molecule has 80 valence electrons. The van der Waals surface area contributed by atoms with Gasteiger partial charge < -0.3 is 5.11 Å². The van der Waals surface area contributed by atoms with Gasteiger partial charge in [0.2, 0.25) is 0 Å². The zero-order valence-corrected chi connectivity index (χ0v) is 7.96.